The summed E-state index contributed by atoms with van der Waals surface area (Å²) in [6, 6.07) is 8.87. The van der Waals surface area contributed by atoms with Crippen LogP contribution < -0.4 is 0 Å². The minimum atomic E-state index is 0.505. The smallest absolute Gasteiger partial charge is 0.241 e. The molecular weight excluding hydrogens is 262 g/mol. The fourth-order valence-corrected chi connectivity index (χ4v) is 2.13. The Morgan fingerprint density at radius 1 is 1.14 bits per heavy atom. The molecule has 1 heterocycles. The van der Waals surface area contributed by atoms with Gasteiger partial charge in [0.2, 0.25) is 11.7 Å². The van der Waals surface area contributed by atoms with E-state index < -0.39 is 0 Å². The number of benzene rings is 1. The van der Waals surface area contributed by atoms with E-state index in [0.717, 1.165) is 12.0 Å². The maximum Gasteiger partial charge on any atom is 0.241 e. The highest BCUT2D eigenvalue weighted by molar-refractivity contribution is 5.54. The van der Waals surface area contributed by atoms with E-state index >= 15 is 0 Å². The van der Waals surface area contributed by atoms with Crippen molar-refractivity contribution in [3.05, 3.63) is 35.7 Å². The van der Waals surface area contributed by atoms with Gasteiger partial charge in [-0.1, -0.05) is 50.2 Å². The first-order valence-electron chi connectivity index (χ1n) is 7.64. The van der Waals surface area contributed by atoms with E-state index in [1.54, 1.807) is 0 Å². The van der Waals surface area contributed by atoms with Crippen molar-refractivity contribution >= 4 is 0 Å². The average molecular weight is 287 g/mol. The molecule has 2 aromatic rings. The van der Waals surface area contributed by atoms with Gasteiger partial charge in [-0.25, -0.2) is 0 Å². The van der Waals surface area contributed by atoms with E-state index in [2.05, 4.69) is 74.0 Å². The maximum absolute atomic E-state index is 5.36. The summed E-state index contributed by atoms with van der Waals surface area (Å²) in [5.41, 5.74) is 2.32. The van der Waals surface area contributed by atoms with Gasteiger partial charge in [0.15, 0.2) is 0 Å². The van der Waals surface area contributed by atoms with Crippen LogP contribution in [0.5, 0.6) is 0 Å². The molecule has 0 N–H and O–H groups in total. The van der Waals surface area contributed by atoms with Gasteiger partial charge in [0, 0.05) is 11.6 Å². The molecule has 4 heteroatoms. The molecule has 1 unspecified atom stereocenters. The lowest BCUT2D eigenvalue weighted by molar-refractivity contribution is 0.210. The molecule has 0 aliphatic rings. The second-order valence-electron chi connectivity index (χ2n) is 5.96. The highest BCUT2D eigenvalue weighted by Crippen LogP contribution is 2.21. The standard InChI is InChI=1S/C17H25N3O/c1-6-13(4)20(5)11-16-18-17(19-21-16)15-9-7-14(8-10-15)12(2)3/h7-10,12-13H,6,11H2,1-5H3. The molecule has 1 atom stereocenters. The van der Waals surface area contributed by atoms with E-state index in [0.29, 0.717) is 30.2 Å². The molecule has 1 aromatic carbocycles. The van der Waals surface area contributed by atoms with Gasteiger partial charge in [-0.05, 0) is 31.9 Å². The summed E-state index contributed by atoms with van der Waals surface area (Å²) < 4.78 is 5.36. The Labute approximate surface area is 127 Å². The maximum atomic E-state index is 5.36. The van der Waals surface area contributed by atoms with E-state index in [4.69, 9.17) is 4.52 Å². The van der Waals surface area contributed by atoms with Crippen molar-refractivity contribution in [1.29, 1.82) is 0 Å². The van der Waals surface area contributed by atoms with Crippen LogP contribution in [0.15, 0.2) is 28.8 Å². The average Bonchev–Trinajstić information content (AvgIpc) is 2.94. The third-order valence-corrected chi connectivity index (χ3v) is 4.03. The molecule has 0 fully saturated rings. The Morgan fingerprint density at radius 3 is 2.38 bits per heavy atom. The number of rotatable bonds is 6. The molecule has 21 heavy (non-hydrogen) atoms. The Kier molecular flexibility index (Phi) is 5.12. The van der Waals surface area contributed by atoms with Crippen LogP contribution in [0.3, 0.4) is 0 Å². The summed E-state index contributed by atoms with van der Waals surface area (Å²) in [4.78, 5) is 6.71. The van der Waals surface area contributed by atoms with Crippen molar-refractivity contribution in [2.75, 3.05) is 7.05 Å². The normalized spacial score (nSPS) is 13.1. The zero-order valence-electron chi connectivity index (χ0n) is 13.6. The molecule has 2 rings (SSSR count). The lowest BCUT2D eigenvalue weighted by Crippen LogP contribution is -2.27. The van der Waals surface area contributed by atoms with Gasteiger partial charge in [-0.15, -0.1) is 0 Å². The van der Waals surface area contributed by atoms with Gasteiger partial charge in [0.05, 0.1) is 6.54 Å². The quantitative estimate of drug-likeness (QED) is 0.802. The molecule has 114 valence electrons. The van der Waals surface area contributed by atoms with Crippen molar-refractivity contribution in [2.45, 2.75) is 52.6 Å². The zero-order chi connectivity index (χ0) is 15.4. The Morgan fingerprint density at radius 2 is 1.81 bits per heavy atom. The topological polar surface area (TPSA) is 42.2 Å². The SMILES string of the molecule is CCC(C)N(C)Cc1nc(-c2ccc(C(C)C)cc2)no1. The minimum absolute atomic E-state index is 0.505. The van der Waals surface area contributed by atoms with Gasteiger partial charge in [-0.2, -0.15) is 4.98 Å². The highest BCUT2D eigenvalue weighted by Gasteiger charge is 2.13. The van der Waals surface area contributed by atoms with Crippen LogP contribution in [-0.4, -0.2) is 28.1 Å². The highest BCUT2D eigenvalue weighted by atomic mass is 16.5. The van der Waals surface area contributed by atoms with Crippen LogP contribution in [-0.2, 0) is 6.54 Å². The third kappa shape index (κ3) is 3.91. The van der Waals surface area contributed by atoms with Crippen molar-refractivity contribution in [3.63, 3.8) is 0 Å². The molecule has 0 bridgehead atoms. The Hall–Kier alpha value is -1.68. The van der Waals surface area contributed by atoms with E-state index in [1.165, 1.54) is 5.56 Å². The molecule has 0 amide bonds. The number of hydrogen-bond donors (Lipinski definition) is 0. The lowest BCUT2D eigenvalue weighted by atomic mass is 10.0. The van der Waals surface area contributed by atoms with Crippen LogP contribution in [0.2, 0.25) is 0 Å². The minimum Gasteiger partial charge on any atom is -0.338 e. The van der Waals surface area contributed by atoms with Crippen molar-refractivity contribution in [2.24, 2.45) is 0 Å². The van der Waals surface area contributed by atoms with Crippen LogP contribution in [0, 0.1) is 0 Å². The summed E-state index contributed by atoms with van der Waals surface area (Å²) >= 11 is 0. The number of aromatic nitrogens is 2. The second-order valence-corrected chi connectivity index (χ2v) is 5.96. The van der Waals surface area contributed by atoms with Gasteiger partial charge in [-0.3, -0.25) is 4.90 Å². The summed E-state index contributed by atoms with van der Waals surface area (Å²) in [6.45, 7) is 9.43. The molecule has 0 saturated heterocycles. The monoisotopic (exact) mass is 287 g/mol. The first-order valence-corrected chi connectivity index (χ1v) is 7.64. The van der Waals surface area contributed by atoms with E-state index in [1.807, 2.05) is 0 Å². The molecule has 0 saturated carbocycles. The largest absolute Gasteiger partial charge is 0.338 e. The Balaban J connectivity index is 2.09. The number of hydrogen-bond acceptors (Lipinski definition) is 4. The molecule has 0 aliphatic carbocycles. The van der Waals surface area contributed by atoms with Gasteiger partial charge in [0.25, 0.3) is 0 Å². The Bertz CT molecular complexity index is 560. The predicted octanol–water partition coefficient (Wildman–Crippen LogP) is 4.09. The van der Waals surface area contributed by atoms with Crippen molar-refractivity contribution < 1.29 is 4.52 Å². The summed E-state index contributed by atoms with van der Waals surface area (Å²) in [5, 5.41) is 4.09. The second kappa shape index (κ2) is 6.85. The summed E-state index contributed by atoms with van der Waals surface area (Å²) in [7, 11) is 2.08. The summed E-state index contributed by atoms with van der Waals surface area (Å²) in [6.07, 6.45) is 1.11. The molecule has 4 nitrogen and oxygen atoms in total. The first-order chi connectivity index (χ1) is 10.0. The molecule has 0 aliphatic heterocycles. The van der Waals surface area contributed by atoms with Crippen LogP contribution >= 0.6 is 0 Å². The van der Waals surface area contributed by atoms with Crippen LogP contribution in [0.1, 0.15) is 51.5 Å². The van der Waals surface area contributed by atoms with Gasteiger partial charge < -0.3 is 4.52 Å². The fourth-order valence-electron chi connectivity index (χ4n) is 2.13. The molecule has 0 spiro atoms. The first kappa shape index (κ1) is 15.7. The van der Waals surface area contributed by atoms with Crippen molar-refractivity contribution in [1.82, 2.24) is 15.0 Å². The molecular formula is C17H25N3O. The molecule has 1 aromatic heterocycles. The van der Waals surface area contributed by atoms with Crippen LogP contribution in [0.25, 0.3) is 11.4 Å². The van der Waals surface area contributed by atoms with Crippen LogP contribution in [0.4, 0.5) is 0 Å². The number of nitrogens with zero attached hydrogens (tertiary/aromatic N) is 3. The fraction of sp³-hybridized carbons (Fsp3) is 0.529. The van der Waals surface area contributed by atoms with E-state index in [9.17, 15) is 0 Å². The lowest BCUT2D eigenvalue weighted by Gasteiger charge is -2.21. The third-order valence-electron chi connectivity index (χ3n) is 4.03. The zero-order valence-corrected chi connectivity index (χ0v) is 13.6. The van der Waals surface area contributed by atoms with Gasteiger partial charge in [0.1, 0.15) is 0 Å². The molecule has 0 radical (unpaired) electrons. The predicted molar refractivity (Wildman–Crippen MR) is 85.0 cm³/mol. The summed E-state index contributed by atoms with van der Waals surface area (Å²) in [5.74, 6) is 1.86. The van der Waals surface area contributed by atoms with Gasteiger partial charge >= 0.3 is 0 Å². The van der Waals surface area contributed by atoms with Crippen molar-refractivity contribution in [3.8, 4) is 11.4 Å². The van der Waals surface area contributed by atoms with E-state index in [-0.39, 0.29) is 0 Å².